The second-order valence-corrected chi connectivity index (χ2v) is 4.90. The Hall–Kier alpha value is -3.36. The summed E-state index contributed by atoms with van der Waals surface area (Å²) in [6.07, 6.45) is 1.68. The number of nitrogens with two attached hydrogens (primary N) is 1. The van der Waals surface area contributed by atoms with Crippen molar-refractivity contribution < 1.29 is 14.6 Å². The van der Waals surface area contributed by atoms with Gasteiger partial charge in [-0.3, -0.25) is 0 Å². The number of nitrogen functional groups attached to an aromatic ring is 1. The zero-order valence-corrected chi connectivity index (χ0v) is 13.2. The Morgan fingerprint density at radius 2 is 1.92 bits per heavy atom. The molecule has 9 nitrogen and oxygen atoms in total. The maximum Gasteiger partial charge on any atom is 0.240 e. The van der Waals surface area contributed by atoms with Crippen LogP contribution in [0.25, 0.3) is 5.82 Å². The van der Waals surface area contributed by atoms with Crippen LogP contribution in [0.15, 0.2) is 30.6 Å². The lowest BCUT2D eigenvalue weighted by atomic mass is 10.1. The molecule has 0 spiro atoms. The standard InChI is InChI=1S/C15H16N6O3/c1-23-10-4-3-9(5-11(10)24-2)6-13-19-15(16)20-21(13)12-7-14(22)18-8-17-12/h3-5,7-8H,6H2,1-2H3,(H2,16,20)(H,17,18,22). The van der Waals surface area contributed by atoms with E-state index >= 15 is 0 Å². The third kappa shape index (κ3) is 3.05. The van der Waals surface area contributed by atoms with Gasteiger partial charge in [-0.2, -0.15) is 9.67 Å². The number of methoxy groups -OCH3 is 2. The highest BCUT2D eigenvalue weighted by atomic mass is 16.5. The third-order valence-corrected chi connectivity index (χ3v) is 3.36. The first-order chi connectivity index (χ1) is 11.6. The van der Waals surface area contributed by atoms with E-state index in [2.05, 4.69) is 20.1 Å². The minimum Gasteiger partial charge on any atom is -0.493 e. The van der Waals surface area contributed by atoms with Crippen molar-refractivity contribution >= 4 is 5.95 Å². The summed E-state index contributed by atoms with van der Waals surface area (Å²) in [4.78, 5) is 12.0. The zero-order valence-electron chi connectivity index (χ0n) is 13.2. The first-order valence-corrected chi connectivity index (χ1v) is 7.04. The molecule has 1 aromatic carbocycles. The van der Waals surface area contributed by atoms with Crippen LogP contribution in [0.5, 0.6) is 17.4 Å². The minimum absolute atomic E-state index is 0.114. The van der Waals surface area contributed by atoms with Crippen molar-refractivity contribution in [3.8, 4) is 23.2 Å². The van der Waals surface area contributed by atoms with Crippen LogP contribution in [0.1, 0.15) is 11.4 Å². The SMILES string of the molecule is COc1ccc(Cc2nc(N)nn2-c2cc(O)ncn2)cc1OC. The molecule has 2 aromatic heterocycles. The largest absolute Gasteiger partial charge is 0.493 e. The monoisotopic (exact) mass is 328 g/mol. The summed E-state index contributed by atoms with van der Waals surface area (Å²) in [5.41, 5.74) is 6.65. The summed E-state index contributed by atoms with van der Waals surface area (Å²) < 4.78 is 12.0. The van der Waals surface area contributed by atoms with E-state index in [0.29, 0.717) is 29.6 Å². The maximum absolute atomic E-state index is 9.51. The third-order valence-electron chi connectivity index (χ3n) is 3.36. The molecule has 0 aliphatic heterocycles. The zero-order chi connectivity index (χ0) is 17.1. The van der Waals surface area contributed by atoms with E-state index in [1.54, 1.807) is 14.2 Å². The molecular formula is C15H16N6O3. The molecule has 24 heavy (non-hydrogen) atoms. The van der Waals surface area contributed by atoms with Gasteiger partial charge >= 0.3 is 0 Å². The number of hydrogen-bond acceptors (Lipinski definition) is 8. The van der Waals surface area contributed by atoms with Gasteiger partial charge in [0.05, 0.1) is 14.2 Å². The van der Waals surface area contributed by atoms with E-state index in [1.165, 1.54) is 17.1 Å². The molecule has 0 saturated heterocycles. The fourth-order valence-corrected chi connectivity index (χ4v) is 2.29. The first kappa shape index (κ1) is 15.5. The van der Waals surface area contributed by atoms with Crippen molar-refractivity contribution in [2.45, 2.75) is 6.42 Å². The van der Waals surface area contributed by atoms with Gasteiger partial charge in [0.1, 0.15) is 12.2 Å². The number of rotatable bonds is 5. The van der Waals surface area contributed by atoms with E-state index in [4.69, 9.17) is 15.2 Å². The van der Waals surface area contributed by atoms with Crippen molar-refractivity contribution in [1.29, 1.82) is 0 Å². The van der Waals surface area contributed by atoms with E-state index in [-0.39, 0.29) is 11.8 Å². The summed E-state index contributed by atoms with van der Waals surface area (Å²) in [7, 11) is 3.15. The van der Waals surface area contributed by atoms with Crippen LogP contribution in [0, 0.1) is 0 Å². The van der Waals surface area contributed by atoms with Gasteiger partial charge in [-0.05, 0) is 17.7 Å². The van der Waals surface area contributed by atoms with Gasteiger partial charge in [-0.15, -0.1) is 5.10 Å². The van der Waals surface area contributed by atoms with Crippen molar-refractivity contribution in [2.75, 3.05) is 20.0 Å². The molecular weight excluding hydrogens is 312 g/mol. The molecule has 3 rings (SSSR count). The fourth-order valence-electron chi connectivity index (χ4n) is 2.29. The highest BCUT2D eigenvalue weighted by Gasteiger charge is 2.14. The minimum atomic E-state index is -0.161. The van der Waals surface area contributed by atoms with Crippen LogP contribution in [0.2, 0.25) is 0 Å². The highest BCUT2D eigenvalue weighted by molar-refractivity contribution is 5.44. The Morgan fingerprint density at radius 1 is 1.12 bits per heavy atom. The van der Waals surface area contributed by atoms with Gasteiger partial charge in [-0.25, -0.2) is 9.97 Å². The van der Waals surface area contributed by atoms with E-state index < -0.39 is 0 Å². The van der Waals surface area contributed by atoms with Crippen LogP contribution < -0.4 is 15.2 Å². The molecule has 0 aliphatic carbocycles. The van der Waals surface area contributed by atoms with Crippen molar-refractivity contribution in [3.05, 3.63) is 42.0 Å². The Kier molecular flexibility index (Phi) is 4.15. The maximum atomic E-state index is 9.51. The molecule has 0 unspecified atom stereocenters. The van der Waals surface area contributed by atoms with Crippen LogP contribution >= 0.6 is 0 Å². The van der Waals surface area contributed by atoms with Crippen molar-refractivity contribution in [3.63, 3.8) is 0 Å². The lowest BCUT2D eigenvalue weighted by Gasteiger charge is -2.10. The van der Waals surface area contributed by atoms with E-state index in [0.717, 1.165) is 5.56 Å². The predicted octanol–water partition coefficient (Wildman–Crippen LogP) is 0.953. The molecule has 3 aromatic rings. The number of hydrogen-bond donors (Lipinski definition) is 2. The molecule has 0 radical (unpaired) electrons. The number of ether oxygens (including phenoxy) is 2. The summed E-state index contributed by atoms with van der Waals surface area (Å²) in [5, 5.41) is 13.6. The lowest BCUT2D eigenvalue weighted by Crippen LogP contribution is -2.06. The molecule has 9 heteroatoms. The quantitative estimate of drug-likeness (QED) is 0.710. The molecule has 0 fully saturated rings. The van der Waals surface area contributed by atoms with E-state index in [9.17, 15) is 5.11 Å². The second-order valence-electron chi connectivity index (χ2n) is 4.90. The predicted molar refractivity (Wildman–Crippen MR) is 85.4 cm³/mol. The molecule has 3 N–H and O–H groups in total. The summed E-state index contributed by atoms with van der Waals surface area (Å²) in [6, 6.07) is 6.94. The van der Waals surface area contributed by atoms with Gasteiger partial charge in [0.2, 0.25) is 11.8 Å². The number of nitrogens with zero attached hydrogens (tertiary/aromatic N) is 5. The van der Waals surface area contributed by atoms with Crippen molar-refractivity contribution in [1.82, 2.24) is 24.7 Å². The van der Waals surface area contributed by atoms with Gasteiger partial charge in [0.25, 0.3) is 0 Å². The first-order valence-electron chi connectivity index (χ1n) is 7.04. The number of anilines is 1. The molecule has 0 saturated carbocycles. The van der Waals surface area contributed by atoms with Crippen molar-refractivity contribution in [2.24, 2.45) is 0 Å². The topological polar surface area (TPSA) is 121 Å². The Balaban J connectivity index is 1.96. The number of aromatic hydroxyl groups is 1. The van der Waals surface area contributed by atoms with Crippen LogP contribution in [0.4, 0.5) is 5.95 Å². The summed E-state index contributed by atoms with van der Waals surface area (Å²) >= 11 is 0. The number of aromatic nitrogens is 5. The highest BCUT2D eigenvalue weighted by Crippen LogP contribution is 2.28. The average molecular weight is 328 g/mol. The van der Waals surface area contributed by atoms with Gasteiger partial charge < -0.3 is 20.3 Å². The van der Waals surface area contributed by atoms with Gasteiger partial charge in [0.15, 0.2) is 17.3 Å². The summed E-state index contributed by atoms with van der Waals surface area (Å²) in [5.74, 6) is 2.16. The smallest absolute Gasteiger partial charge is 0.240 e. The normalized spacial score (nSPS) is 10.6. The van der Waals surface area contributed by atoms with Gasteiger partial charge in [-0.1, -0.05) is 6.07 Å². The molecule has 124 valence electrons. The Morgan fingerprint density at radius 3 is 2.62 bits per heavy atom. The molecule has 0 aliphatic rings. The second kappa shape index (κ2) is 6.41. The fraction of sp³-hybridized carbons (Fsp3) is 0.200. The molecule has 0 atom stereocenters. The lowest BCUT2D eigenvalue weighted by molar-refractivity contribution is 0.354. The Bertz CT molecular complexity index is 864. The molecule has 2 heterocycles. The van der Waals surface area contributed by atoms with Gasteiger partial charge in [0, 0.05) is 12.5 Å². The molecule has 0 bridgehead atoms. The van der Waals surface area contributed by atoms with E-state index in [1.807, 2.05) is 18.2 Å². The average Bonchev–Trinajstić information content (AvgIpc) is 2.95. The summed E-state index contributed by atoms with van der Waals surface area (Å²) in [6.45, 7) is 0. The van der Waals surface area contributed by atoms with Crippen LogP contribution in [-0.4, -0.2) is 44.1 Å². The van der Waals surface area contributed by atoms with Crippen LogP contribution in [-0.2, 0) is 6.42 Å². The van der Waals surface area contributed by atoms with Crippen LogP contribution in [0.3, 0.4) is 0 Å². The Labute approximate surface area is 137 Å². The number of benzene rings is 1. The molecule has 0 amide bonds.